The van der Waals surface area contributed by atoms with Crippen molar-refractivity contribution in [3.8, 4) is 5.75 Å². The van der Waals surface area contributed by atoms with Crippen LogP contribution in [0.15, 0.2) is 24.3 Å². The normalized spacial score (nSPS) is 26.8. The second-order valence-corrected chi connectivity index (χ2v) is 3.30. The van der Waals surface area contributed by atoms with E-state index in [1.165, 1.54) is 0 Å². The highest BCUT2D eigenvalue weighted by Crippen LogP contribution is 2.37. The van der Waals surface area contributed by atoms with Gasteiger partial charge >= 0.3 is 0 Å². The molecule has 1 heterocycles. The van der Waals surface area contributed by atoms with Crippen molar-refractivity contribution in [3.05, 3.63) is 29.8 Å². The van der Waals surface area contributed by atoms with E-state index in [2.05, 4.69) is 0 Å². The average molecular weight is 180 g/mol. The Morgan fingerprint density at radius 2 is 2.23 bits per heavy atom. The molecule has 0 spiro atoms. The number of phenolic OH excluding ortho intramolecular Hbond substituents is 1. The molecule has 0 aliphatic carbocycles. The summed E-state index contributed by atoms with van der Waals surface area (Å²) in [5, 5.41) is 18.4. The van der Waals surface area contributed by atoms with E-state index in [1.807, 2.05) is 6.07 Å². The lowest BCUT2D eigenvalue weighted by molar-refractivity contribution is -0.177. The van der Waals surface area contributed by atoms with Crippen LogP contribution >= 0.6 is 0 Å². The molecule has 1 unspecified atom stereocenters. The Morgan fingerprint density at radius 3 is 2.69 bits per heavy atom. The third kappa shape index (κ3) is 1.30. The Hall–Kier alpha value is -1.06. The highest BCUT2D eigenvalue weighted by molar-refractivity contribution is 5.32. The molecular formula is C10H12O3. The van der Waals surface area contributed by atoms with E-state index >= 15 is 0 Å². The maximum absolute atomic E-state index is 9.25. The number of hydrogen-bond acceptors (Lipinski definition) is 3. The van der Waals surface area contributed by atoms with E-state index in [1.54, 1.807) is 18.2 Å². The molecule has 2 rings (SSSR count). The minimum Gasteiger partial charge on any atom is -0.508 e. The molecule has 0 aromatic heterocycles. The Labute approximate surface area is 76.6 Å². The zero-order chi connectivity index (χ0) is 9.31. The van der Waals surface area contributed by atoms with Gasteiger partial charge in [-0.1, -0.05) is 12.1 Å². The van der Waals surface area contributed by atoms with Gasteiger partial charge in [0.1, 0.15) is 11.4 Å². The Bertz CT molecular complexity index is 299. The van der Waals surface area contributed by atoms with E-state index in [4.69, 9.17) is 4.74 Å². The Morgan fingerprint density at radius 1 is 1.46 bits per heavy atom. The van der Waals surface area contributed by atoms with Gasteiger partial charge in [0.25, 0.3) is 0 Å². The van der Waals surface area contributed by atoms with E-state index in [0.29, 0.717) is 6.61 Å². The SMILES string of the molecule is OCC1(c2cccc(O)c2)CCO1. The zero-order valence-electron chi connectivity index (χ0n) is 7.23. The zero-order valence-corrected chi connectivity index (χ0v) is 7.23. The first-order chi connectivity index (χ1) is 6.27. The van der Waals surface area contributed by atoms with Gasteiger partial charge in [-0.25, -0.2) is 0 Å². The van der Waals surface area contributed by atoms with Crippen LogP contribution in [0.1, 0.15) is 12.0 Å². The van der Waals surface area contributed by atoms with Gasteiger partial charge in [0.15, 0.2) is 0 Å². The first-order valence-corrected chi connectivity index (χ1v) is 4.31. The second-order valence-electron chi connectivity index (χ2n) is 3.30. The van der Waals surface area contributed by atoms with E-state index in [-0.39, 0.29) is 12.4 Å². The smallest absolute Gasteiger partial charge is 0.118 e. The number of hydrogen-bond donors (Lipinski definition) is 2. The van der Waals surface area contributed by atoms with Crippen molar-refractivity contribution in [2.45, 2.75) is 12.0 Å². The van der Waals surface area contributed by atoms with Gasteiger partial charge in [-0.2, -0.15) is 0 Å². The summed E-state index contributed by atoms with van der Waals surface area (Å²) in [5.74, 6) is 0.209. The molecule has 1 fully saturated rings. The van der Waals surface area contributed by atoms with Gasteiger partial charge in [0.2, 0.25) is 0 Å². The second kappa shape index (κ2) is 3.01. The fraction of sp³-hybridized carbons (Fsp3) is 0.400. The molecule has 1 aliphatic heterocycles. The van der Waals surface area contributed by atoms with E-state index < -0.39 is 5.60 Å². The molecule has 1 aromatic rings. The highest BCUT2D eigenvalue weighted by Gasteiger charge is 2.39. The van der Waals surface area contributed by atoms with Gasteiger partial charge < -0.3 is 14.9 Å². The van der Waals surface area contributed by atoms with Crippen molar-refractivity contribution in [2.75, 3.05) is 13.2 Å². The fourth-order valence-electron chi connectivity index (χ4n) is 1.58. The summed E-state index contributed by atoms with van der Waals surface area (Å²) >= 11 is 0. The van der Waals surface area contributed by atoms with E-state index in [0.717, 1.165) is 12.0 Å². The number of ether oxygens (including phenoxy) is 1. The minimum absolute atomic E-state index is 0.0313. The maximum atomic E-state index is 9.25. The first kappa shape index (κ1) is 8.53. The first-order valence-electron chi connectivity index (χ1n) is 4.31. The lowest BCUT2D eigenvalue weighted by atomic mass is 9.87. The summed E-state index contributed by atoms with van der Waals surface area (Å²) < 4.78 is 5.35. The summed E-state index contributed by atoms with van der Waals surface area (Å²) in [6, 6.07) is 6.85. The molecule has 70 valence electrons. The number of aromatic hydroxyl groups is 1. The van der Waals surface area contributed by atoms with Crippen molar-refractivity contribution in [2.24, 2.45) is 0 Å². The molecule has 3 heteroatoms. The van der Waals surface area contributed by atoms with Gasteiger partial charge in [0.05, 0.1) is 13.2 Å². The van der Waals surface area contributed by atoms with Crippen molar-refractivity contribution in [3.63, 3.8) is 0 Å². The molecule has 1 aliphatic rings. The molecule has 2 N–H and O–H groups in total. The van der Waals surface area contributed by atoms with Crippen LogP contribution < -0.4 is 0 Å². The molecule has 0 amide bonds. The van der Waals surface area contributed by atoms with Gasteiger partial charge in [-0.15, -0.1) is 0 Å². The van der Waals surface area contributed by atoms with Crippen LogP contribution in [0.2, 0.25) is 0 Å². The molecule has 0 radical (unpaired) electrons. The predicted octanol–water partition coefficient (Wildman–Crippen LogP) is 1.00. The quantitative estimate of drug-likeness (QED) is 0.713. The number of phenols is 1. The number of benzene rings is 1. The molecule has 13 heavy (non-hydrogen) atoms. The summed E-state index contributed by atoms with van der Waals surface area (Å²) in [6.07, 6.45) is 0.812. The van der Waals surface area contributed by atoms with Gasteiger partial charge in [0, 0.05) is 6.42 Å². The summed E-state index contributed by atoms with van der Waals surface area (Å²) in [6.45, 7) is 0.646. The molecule has 0 bridgehead atoms. The minimum atomic E-state index is -0.557. The van der Waals surface area contributed by atoms with Crippen LogP contribution in [0.3, 0.4) is 0 Å². The summed E-state index contributed by atoms with van der Waals surface area (Å²) in [4.78, 5) is 0. The third-order valence-corrected chi connectivity index (χ3v) is 2.51. The monoisotopic (exact) mass is 180 g/mol. The topological polar surface area (TPSA) is 49.7 Å². The van der Waals surface area contributed by atoms with Crippen molar-refractivity contribution >= 4 is 0 Å². The van der Waals surface area contributed by atoms with Crippen LogP contribution in [0.5, 0.6) is 5.75 Å². The van der Waals surface area contributed by atoms with Crippen LogP contribution in [0.4, 0.5) is 0 Å². The molecule has 0 saturated carbocycles. The van der Waals surface area contributed by atoms with Crippen LogP contribution in [0.25, 0.3) is 0 Å². The predicted molar refractivity (Wildman–Crippen MR) is 47.4 cm³/mol. The largest absolute Gasteiger partial charge is 0.508 e. The Kier molecular flexibility index (Phi) is 1.98. The van der Waals surface area contributed by atoms with Crippen LogP contribution in [-0.2, 0) is 10.3 Å². The molecule has 1 atom stereocenters. The summed E-state index contributed by atoms with van der Waals surface area (Å²) in [7, 11) is 0. The summed E-state index contributed by atoms with van der Waals surface area (Å²) in [5.41, 5.74) is 0.292. The van der Waals surface area contributed by atoms with Gasteiger partial charge in [-0.05, 0) is 17.7 Å². The maximum Gasteiger partial charge on any atom is 0.118 e. The Balaban J connectivity index is 2.33. The fourth-order valence-corrected chi connectivity index (χ4v) is 1.58. The van der Waals surface area contributed by atoms with Crippen LogP contribution in [0, 0.1) is 0 Å². The molecule has 3 nitrogen and oxygen atoms in total. The molecule has 1 aromatic carbocycles. The van der Waals surface area contributed by atoms with Crippen molar-refractivity contribution < 1.29 is 14.9 Å². The standard InChI is InChI=1S/C10H12O3/c11-7-10(4-5-13-10)8-2-1-3-9(12)6-8/h1-3,6,11-12H,4-5,7H2. The highest BCUT2D eigenvalue weighted by atomic mass is 16.5. The number of aliphatic hydroxyl groups excluding tert-OH is 1. The molecular weight excluding hydrogens is 168 g/mol. The molecule has 1 saturated heterocycles. The average Bonchev–Trinajstić information content (AvgIpc) is 2.03. The van der Waals surface area contributed by atoms with Crippen molar-refractivity contribution in [1.29, 1.82) is 0 Å². The van der Waals surface area contributed by atoms with Gasteiger partial charge in [-0.3, -0.25) is 0 Å². The van der Waals surface area contributed by atoms with Crippen molar-refractivity contribution in [1.82, 2.24) is 0 Å². The number of rotatable bonds is 2. The lowest BCUT2D eigenvalue weighted by Crippen LogP contribution is -2.44. The third-order valence-electron chi connectivity index (χ3n) is 2.51. The lowest BCUT2D eigenvalue weighted by Gasteiger charge is -2.40. The number of aliphatic hydroxyl groups is 1. The van der Waals surface area contributed by atoms with E-state index in [9.17, 15) is 10.2 Å². The van der Waals surface area contributed by atoms with Crippen LogP contribution in [-0.4, -0.2) is 23.4 Å².